The standard InChI is InChI=1S/C27H31NO/c1-9-20(15-24(18(2)3)21-12-10-19(4)11-13-21)25-16-23(27(5,6)7)14-22(17-28)26(25)29-8/h9-16H,2H2,1,3-8H3/b20-9?,24-15+. The topological polar surface area (TPSA) is 33.0 Å². The molecule has 0 heterocycles. The van der Waals surface area contributed by atoms with Crippen LogP contribution < -0.4 is 4.74 Å². The van der Waals surface area contributed by atoms with Crippen LogP contribution in [0.5, 0.6) is 5.75 Å². The molecule has 0 aliphatic rings. The Balaban J connectivity index is 2.75. The lowest BCUT2D eigenvalue weighted by atomic mass is 9.83. The zero-order valence-electron chi connectivity index (χ0n) is 18.7. The smallest absolute Gasteiger partial charge is 0.144 e. The van der Waals surface area contributed by atoms with Crippen molar-refractivity contribution < 1.29 is 4.74 Å². The van der Waals surface area contributed by atoms with Gasteiger partial charge in [-0.15, -0.1) is 0 Å². The van der Waals surface area contributed by atoms with E-state index in [9.17, 15) is 5.26 Å². The summed E-state index contributed by atoms with van der Waals surface area (Å²) >= 11 is 0. The van der Waals surface area contributed by atoms with Crippen molar-refractivity contribution in [3.63, 3.8) is 0 Å². The first-order valence-electron chi connectivity index (χ1n) is 9.86. The molecule has 2 nitrogen and oxygen atoms in total. The van der Waals surface area contributed by atoms with Crippen molar-refractivity contribution in [3.05, 3.63) is 88.5 Å². The van der Waals surface area contributed by atoms with Gasteiger partial charge in [0.25, 0.3) is 0 Å². The van der Waals surface area contributed by atoms with Gasteiger partial charge in [-0.05, 0) is 66.7 Å². The minimum atomic E-state index is -0.0800. The third kappa shape index (κ3) is 5.06. The Hall–Kier alpha value is -3.05. The van der Waals surface area contributed by atoms with Crippen molar-refractivity contribution >= 4 is 11.1 Å². The fraction of sp³-hybridized carbons (Fsp3) is 0.296. The van der Waals surface area contributed by atoms with Crippen molar-refractivity contribution in [2.24, 2.45) is 0 Å². The lowest BCUT2D eigenvalue weighted by Crippen LogP contribution is -2.12. The van der Waals surface area contributed by atoms with Gasteiger partial charge >= 0.3 is 0 Å². The summed E-state index contributed by atoms with van der Waals surface area (Å²) in [4.78, 5) is 0. The fourth-order valence-corrected chi connectivity index (χ4v) is 3.24. The largest absolute Gasteiger partial charge is 0.495 e. The first kappa shape index (κ1) is 22.2. The molecule has 0 atom stereocenters. The van der Waals surface area contributed by atoms with Crippen LogP contribution in [0.3, 0.4) is 0 Å². The summed E-state index contributed by atoms with van der Waals surface area (Å²) in [5, 5.41) is 9.71. The highest BCUT2D eigenvalue weighted by atomic mass is 16.5. The number of nitriles is 1. The van der Waals surface area contributed by atoms with E-state index < -0.39 is 0 Å². The van der Waals surface area contributed by atoms with E-state index in [4.69, 9.17) is 4.74 Å². The summed E-state index contributed by atoms with van der Waals surface area (Å²) in [6, 6.07) is 14.8. The van der Waals surface area contributed by atoms with Crippen LogP contribution in [-0.2, 0) is 5.41 Å². The van der Waals surface area contributed by atoms with E-state index >= 15 is 0 Å². The number of methoxy groups -OCH3 is 1. The van der Waals surface area contributed by atoms with Gasteiger partial charge in [0, 0.05) is 5.56 Å². The Bertz CT molecular complexity index is 1010. The van der Waals surface area contributed by atoms with Gasteiger partial charge < -0.3 is 4.74 Å². The summed E-state index contributed by atoms with van der Waals surface area (Å²) in [6.45, 7) is 16.7. The first-order valence-corrected chi connectivity index (χ1v) is 9.86. The van der Waals surface area contributed by atoms with Gasteiger partial charge in [-0.1, -0.05) is 68.8 Å². The monoisotopic (exact) mass is 385 g/mol. The molecule has 0 fully saturated rings. The van der Waals surface area contributed by atoms with Crippen LogP contribution >= 0.6 is 0 Å². The van der Waals surface area contributed by atoms with Crippen LogP contribution in [-0.4, -0.2) is 7.11 Å². The Labute approximate surface area is 175 Å². The molecule has 0 N–H and O–H groups in total. The lowest BCUT2D eigenvalue weighted by Gasteiger charge is -2.23. The Morgan fingerprint density at radius 1 is 1.14 bits per heavy atom. The van der Waals surface area contributed by atoms with Crippen LogP contribution in [0.4, 0.5) is 0 Å². The Morgan fingerprint density at radius 3 is 2.21 bits per heavy atom. The number of benzene rings is 2. The normalized spacial score (nSPS) is 12.5. The molecule has 0 saturated heterocycles. The summed E-state index contributed by atoms with van der Waals surface area (Å²) < 4.78 is 5.67. The lowest BCUT2D eigenvalue weighted by molar-refractivity contribution is 0.411. The quantitative estimate of drug-likeness (QED) is 0.508. The minimum absolute atomic E-state index is 0.0800. The van der Waals surface area contributed by atoms with Crippen LogP contribution in [0.15, 0.2) is 60.7 Å². The number of rotatable bonds is 5. The molecule has 2 rings (SSSR count). The molecule has 0 radical (unpaired) electrons. The average molecular weight is 386 g/mol. The molecule has 0 aliphatic carbocycles. The molecule has 2 heteroatoms. The SMILES string of the molecule is C=C(C)/C(=C\C(=CC)c1cc(C(C)(C)C)cc(C#N)c1OC)c1ccc(C)cc1. The number of hydrogen-bond donors (Lipinski definition) is 0. The molecule has 0 spiro atoms. The van der Waals surface area contributed by atoms with E-state index in [0.717, 1.165) is 33.4 Å². The summed E-state index contributed by atoms with van der Waals surface area (Å²) in [5.41, 5.74) is 7.89. The molecular weight excluding hydrogens is 354 g/mol. The van der Waals surface area contributed by atoms with Crippen LogP contribution in [0.2, 0.25) is 0 Å². The van der Waals surface area contributed by atoms with Gasteiger partial charge in [0.05, 0.1) is 12.7 Å². The highest BCUT2D eigenvalue weighted by Gasteiger charge is 2.21. The van der Waals surface area contributed by atoms with E-state index in [1.54, 1.807) is 7.11 Å². The maximum atomic E-state index is 9.71. The van der Waals surface area contributed by atoms with E-state index in [0.29, 0.717) is 11.3 Å². The first-order chi connectivity index (χ1) is 13.6. The Morgan fingerprint density at radius 2 is 1.76 bits per heavy atom. The molecule has 0 aromatic heterocycles. The van der Waals surface area contributed by atoms with Crippen molar-refractivity contribution in [1.82, 2.24) is 0 Å². The van der Waals surface area contributed by atoms with Crippen molar-refractivity contribution in [2.45, 2.75) is 47.0 Å². The van der Waals surface area contributed by atoms with Crippen molar-refractivity contribution in [3.8, 4) is 11.8 Å². The third-order valence-corrected chi connectivity index (χ3v) is 5.02. The maximum absolute atomic E-state index is 9.71. The molecule has 2 aromatic carbocycles. The predicted molar refractivity (Wildman–Crippen MR) is 124 cm³/mol. The molecule has 0 aliphatic heterocycles. The Kier molecular flexibility index (Phi) is 6.88. The summed E-state index contributed by atoms with van der Waals surface area (Å²) in [5.74, 6) is 0.606. The maximum Gasteiger partial charge on any atom is 0.144 e. The van der Waals surface area contributed by atoms with Gasteiger partial charge in [0.1, 0.15) is 11.8 Å². The van der Waals surface area contributed by atoms with Crippen LogP contribution in [0.1, 0.15) is 62.4 Å². The number of aryl methyl sites for hydroxylation is 1. The molecule has 29 heavy (non-hydrogen) atoms. The average Bonchev–Trinajstić information content (AvgIpc) is 2.67. The van der Waals surface area contributed by atoms with Gasteiger partial charge in [0.15, 0.2) is 0 Å². The number of allylic oxidation sites excluding steroid dienone is 5. The summed E-state index contributed by atoms with van der Waals surface area (Å²) in [7, 11) is 1.62. The van der Waals surface area contributed by atoms with E-state index in [1.165, 1.54) is 5.56 Å². The third-order valence-electron chi connectivity index (χ3n) is 5.02. The van der Waals surface area contributed by atoms with Gasteiger partial charge in [0.2, 0.25) is 0 Å². The van der Waals surface area contributed by atoms with Gasteiger partial charge in [-0.2, -0.15) is 5.26 Å². The fourth-order valence-electron chi connectivity index (χ4n) is 3.24. The van der Waals surface area contributed by atoms with Crippen molar-refractivity contribution in [1.29, 1.82) is 5.26 Å². The summed E-state index contributed by atoms with van der Waals surface area (Å²) in [6.07, 6.45) is 4.20. The second-order valence-electron chi connectivity index (χ2n) is 8.41. The highest BCUT2D eigenvalue weighted by Crippen LogP contribution is 2.37. The molecule has 0 unspecified atom stereocenters. The van der Waals surface area contributed by atoms with Gasteiger partial charge in [-0.25, -0.2) is 0 Å². The minimum Gasteiger partial charge on any atom is -0.495 e. The zero-order valence-corrected chi connectivity index (χ0v) is 18.7. The number of hydrogen-bond acceptors (Lipinski definition) is 2. The van der Waals surface area contributed by atoms with Crippen molar-refractivity contribution in [2.75, 3.05) is 7.11 Å². The van der Waals surface area contributed by atoms with E-state index in [2.05, 4.69) is 82.8 Å². The molecule has 0 bridgehead atoms. The predicted octanol–water partition coefficient (Wildman–Crippen LogP) is 7.24. The number of nitrogens with zero attached hydrogens (tertiary/aromatic N) is 1. The van der Waals surface area contributed by atoms with Crippen LogP contribution in [0, 0.1) is 18.3 Å². The number of ether oxygens (including phenoxy) is 1. The molecule has 0 amide bonds. The van der Waals surface area contributed by atoms with Crippen LogP contribution in [0.25, 0.3) is 11.1 Å². The second-order valence-corrected chi connectivity index (χ2v) is 8.41. The van der Waals surface area contributed by atoms with Gasteiger partial charge in [-0.3, -0.25) is 0 Å². The van der Waals surface area contributed by atoms with E-state index in [-0.39, 0.29) is 5.41 Å². The molecular formula is C27H31NO. The molecule has 150 valence electrons. The highest BCUT2D eigenvalue weighted by molar-refractivity contribution is 5.91. The van der Waals surface area contributed by atoms with E-state index in [1.807, 2.05) is 19.9 Å². The second kappa shape index (κ2) is 8.97. The zero-order chi connectivity index (χ0) is 21.8. The molecule has 0 saturated carbocycles. The molecule has 2 aromatic rings.